The molecule has 0 aromatic carbocycles. The topological polar surface area (TPSA) is 0 Å². The monoisotopic (exact) mass is 186 g/mol. The third-order valence-electron chi connectivity index (χ3n) is 1.86. The van der Waals surface area contributed by atoms with Crippen LogP contribution in [0, 0.1) is 5.92 Å². The fourth-order valence-electron chi connectivity index (χ4n) is 0.989. The number of alkyl halides is 3. The average Bonchev–Trinajstić information content (AvgIpc) is 1.58. The maximum atomic E-state index is 12.4. The normalized spacial score (nSPS) is 31.5. The number of halogens is 3. The van der Waals surface area contributed by atoms with E-state index in [4.69, 9.17) is 11.6 Å². The van der Waals surface area contributed by atoms with Crippen molar-refractivity contribution in [2.75, 3.05) is 5.75 Å². The van der Waals surface area contributed by atoms with Gasteiger partial charge in [0, 0.05) is 10.5 Å². The fraction of sp³-hybridized carbons (Fsp3) is 1.00. The van der Waals surface area contributed by atoms with E-state index in [9.17, 15) is 8.78 Å². The van der Waals surface area contributed by atoms with Gasteiger partial charge in [0.15, 0.2) is 0 Å². The van der Waals surface area contributed by atoms with Gasteiger partial charge in [-0.15, -0.1) is 0 Å². The summed E-state index contributed by atoms with van der Waals surface area (Å²) in [5.74, 6) is -0.185. The molecule has 0 N–H and O–H groups in total. The van der Waals surface area contributed by atoms with Crippen LogP contribution in [0.2, 0.25) is 0 Å². The van der Waals surface area contributed by atoms with Gasteiger partial charge in [0.2, 0.25) is 0 Å². The highest BCUT2D eigenvalue weighted by atomic mass is 35.5. The molecule has 0 radical (unpaired) electrons. The van der Waals surface area contributed by atoms with Crippen LogP contribution in [-0.4, -0.2) is 15.9 Å². The number of hydrogen-bond acceptors (Lipinski definition) is 1. The maximum absolute atomic E-state index is 12.4. The average molecular weight is 187 g/mol. The first-order valence-electron chi connectivity index (χ1n) is 3.05. The van der Waals surface area contributed by atoms with E-state index < -0.39 is 11.3 Å². The van der Waals surface area contributed by atoms with Crippen LogP contribution in [0.3, 0.4) is 0 Å². The molecule has 10 heavy (non-hydrogen) atoms. The Morgan fingerprint density at radius 2 is 2.10 bits per heavy atom. The molecule has 0 aliphatic carbocycles. The summed E-state index contributed by atoms with van der Waals surface area (Å²) in [4.78, 5) is 0. The molecule has 1 heterocycles. The van der Waals surface area contributed by atoms with Crippen molar-refractivity contribution in [3.05, 3.63) is 0 Å². The molecular weight excluding hydrogens is 178 g/mol. The molecule has 60 valence electrons. The standard InChI is InChI=1S/C6H9ClF2S/c1-5(2)4(3-10-5)6(7,8)9/h4H,3H2,1-2H3. The zero-order chi connectivity index (χ0) is 7.99. The fourth-order valence-corrected chi connectivity index (χ4v) is 2.85. The molecule has 1 aliphatic rings. The van der Waals surface area contributed by atoms with Gasteiger partial charge >= 0.3 is 5.38 Å². The van der Waals surface area contributed by atoms with E-state index in [1.807, 2.05) is 0 Å². The van der Waals surface area contributed by atoms with Gasteiger partial charge in [-0.1, -0.05) is 13.8 Å². The predicted octanol–water partition coefficient (Wildman–Crippen LogP) is 2.96. The number of hydrogen-bond donors (Lipinski definition) is 0. The van der Waals surface area contributed by atoms with Gasteiger partial charge in [-0.2, -0.15) is 20.5 Å². The van der Waals surface area contributed by atoms with Crippen LogP contribution >= 0.6 is 23.4 Å². The van der Waals surface area contributed by atoms with Gasteiger partial charge in [0.05, 0.1) is 5.92 Å². The van der Waals surface area contributed by atoms with Gasteiger partial charge < -0.3 is 0 Å². The molecule has 1 unspecified atom stereocenters. The van der Waals surface area contributed by atoms with Crippen molar-refractivity contribution in [2.45, 2.75) is 24.0 Å². The van der Waals surface area contributed by atoms with Crippen molar-refractivity contribution in [1.82, 2.24) is 0 Å². The maximum Gasteiger partial charge on any atom is 0.326 e. The third-order valence-corrected chi connectivity index (χ3v) is 3.65. The Bertz CT molecular complexity index is 131. The Hall–Kier alpha value is 0.500. The second kappa shape index (κ2) is 2.24. The summed E-state index contributed by atoms with van der Waals surface area (Å²) in [6.45, 7) is 3.59. The SMILES string of the molecule is CC1(C)SCC1C(F)(F)Cl. The van der Waals surface area contributed by atoms with Gasteiger partial charge in [-0.25, -0.2) is 0 Å². The van der Waals surface area contributed by atoms with E-state index in [1.54, 1.807) is 13.8 Å². The Morgan fingerprint density at radius 1 is 1.60 bits per heavy atom. The van der Waals surface area contributed by atoms with Crippen LogP contribution in [0.4, 0.5) is 8.78 Å². The smallest absolute Gasteiger partial charge is 0.188 e. The van der Waals surface area contributed by atoms with Crippen molar-refractivity contribution >= 4 is 23.4 Å². The summed E-state index contributed by atoms with van der Waals surface area (Å²) < 4.78 is 24.5. The molecule has 1 atom stereocenters. The van der Waals surface area contributed by atoms with E-state index in [2.05, 4.69) is 0 Å². The second-order valence-corrected chi connectivity index (χ2v) is 5.19. The molecule has 0 bridgehead atoms. The van der Waals surface area contributed by atoms with Crippen molar-refractivity contribution in [3.63, 3.8) is 0 Å². The molecule has 4 heteroatoms. The first-order valence-corrected chi connectivity index (χ1v) is 4.41. The lowest BCUT2D eigenvalue weighted by molar-refractivity contribution is 0.0184. The highest BCUT2D eigenvalue weighted by molar-refractivity contribution is 8.02. The van der Waals surface area contributed by atoms with Crippen LogP contribution in [0.15, 0.2) is 0 Å². The van der Waals surface area contributed by atoms with Gasteiger partial charge in [0.25, 0.3) is 0 Å². The molecular formula is C6H9ClF2S. The van der Waals surface area contributed by atoms with E-state index in [-0.39, 0.29) is 4.75 Å². The number of thioether (sulfide) groups is 1. The Balaban J connectivity index is 2.60. The van der Waals surface area contributed by atoms with Crippen molar-refractivity contribution in [2.24, 2.45) is 5.92 Å². The highest BCUT2D eigenvalue weighted by Crippen LogP contribution is 2.53. The predicted molar refractivity (Wildman–Crippen MR) is 40.8 cm³/mol. The molecule has 1 saturated heterocycles. The quantitative estimate of drug-likeness (QED) is 0.568. The minimum atomic E-state index is -3.02. The first-order chi connectivity index (χ1) is 4.34. The zero-order valence-corrected chi connectivity index (χ0v) is 7.40. The molecule has 1 aliphatic heterocycles. The summed E-state index contributed by atoms with van der Waals surface area (Å²) in [5, 5.41) is -3.02. The summed E-state index contributed by atoms with van der Waals surface area (Å²) in [7, 11) is 0. The van der Waals surface area contributed by atoms with Crippen LogP contribution in [-0.2, 0) is 0 Å². The molecule has 0 spiro atoms. The molecule has 0 aromatic heterocycles. The largest absolute Gasteiger partial charge is 0.326 e. The van der Waals surface area contributed by atoms with E-state index in [1.165, 1.54) is 11.8 Å². The summed E-state index contributed by atoms with van der Waals surface area (Å²) in [5.41, 5.74) is 0. The van der Waals surface area contributed by atoms with E-state index >= 15 is 0 Å². The minimum Gasteiger partial charge on any atom is -0.188 e. The van der Waals surface area contributed by atoms with Crippen molar-refractivity contribution in [1.29, 1.82) is 0 Å². The minimum absolute atomic E-state index is 0.342. The molecule has 1 rings (SSSR count). The van der Waals surface area contributed by atoms with Crippen LogP contribution in [0.1, 0.15) is 13.8 Å². The van der Waals surface area contributed by atoms with Gasteiger partial charge in [-0.05, 0) is 11.6 Å². The molecule has 0 saturated carbocycles. The van der Waals surface area contributed by atoms with E-state index in [0.717, 1.165) is 0 Å². The molecule has 0 amide bonds. The van der Waals surface area contributed by atoms with Gasteiger partial charge in [0.1, 0.15) is 0 Å². The Morgan fingerprint density at radius 3 is 2.10 bits per heavy atom. The first kappa shape index (κ1) is 8.60. The van der Waals surface area contributed by atoms with Crippen molar-refractivity contribution < 1.29 is 8.78 Å². The van der Waals surface area contributed by atoms with Crippen LogP contribution < -0.4 is 0 Å². The summed E-state index contributed by atoms with van der Waals surface area (Å²) in [6.07, 6.45) is 0. The van der Waals surface area contributed by atoms with Crippen molar-refractivity contribution in [3.8, 4) is 0 Å². The lowest BCUT2D eigenvalue weighted by Crippen LogP contribution is -2.48. The summed E-state index contributed by atoms with van der Waals surface area (Å²) >= 11 is 6.41. The lowest BCUT2D eigenvalue weighted by Gasteiger charge is -2.45. The summed E-state index contributed by atoms with van der Waals surface area (Å²) in [6, 6.07) is 0. The highest BCUT2D eigenvalue weighted by Gasteiger charge is 2.53. The molecule has 1 fully saturated rings. The number of rotatable bonds is 1. The van der Waals surface area contributed by atoms with E-state index in [0.29, 0.717) is 5.75 Å². The van der Waals surface area contributed by atoms with Crippen LogP contribution in [0.25, 0.3) is 0 Å². The molecule has 0 nitrogen and oxygen atoms in total. The Kier molecular flexibility index (Phi) is 1.93. The molecule has 0 aromatic rings. The lowest BCUT2D eigenvalue weighted by atomic mass is 9.95. The zero-order valence-electron chi connectivity index (χ0n) is 5.83. The van der Waals surface area contributed by atoms with Crippen LogP contribution in [0.5, 0.6) is 0 Å². The third kappa shape index (κ3) is 1.40. The second-order valence-electron chi connectivity index (χ2n) is 3.01. The van der Waals surface area contributed by atoms with Gasteiger partial charge in [-0.3, -0.25) is 0 Å². The Labute approximate surface area is 68.3 Å².